The van der Waals surface area contributed by atoms with Crippen molar-refractivity contribution in [1.82, 2.24) is 9.97 Å². The molecule has 0 N–H and O–H groups in total. The van der Waals surface area contributed by atoms with Crippen LogP contribution in [0.2, 0.25) is 0 Å². The smallest absolute Gasteiger partial charge is 0.316 e. The van der Waals surface area contributed by atoms with Crippen LogP contribution < -0.4 is 4.74 Å². The molecule has 0 aliphatic rings. The molecule has 0 spiro atoms. The fourth-order valence-corrected chi connectivity index (χ4v) is 1.21. The van der Waals surface area contributed by atoms with Crippen LogP contribution in [0.3, 0.4) is 0 Å². The summed E-state index contributed by atoms with van der Waals surface area (Å²) in [5.41, 5.74) is 2.02. The lowest BCUT2D eigenvalue weighted by Gasteiger charge is -2.04. The van der Waals surface area contributed by atoms with E-state index in [-0.39, 0.29) is 0 Å². The molecule has 0 fully saturated rings. The van der Waals surface area contributed by atoms with Gasteiger partial charge in [-0.25, -0.2) is 16.5 Å². The predicted molar refractivity (Wildman–Crippen MR) is 53.1 cm³/mol. The van der Waals surface area contributed by atoms with Gasteiger partial charge in [0.2, 0.25) is 6.54 Å². The lowest BCUT2D eigenvalue weighted by Crippen LogP contribution is -2.02. The highest BCUT2D eigenvalue weighted by molar-refractivity contribution is 5.20. The number of hydrogen-bond acceptors (Lipinski definition) is 3. The maximum atomic E-state index is 6.72. The average molecular weight is 191 g/mol. The molecule has 0 aromatic carbocycles. The molecule has 1 aromatic heterocycles. The molecule has 0 aliphatic heterocycles. The number of aryl methyl sites for hydroxylation is 1. The van der Waals surface area contributed by atoms with E-state index in [1.165, 1.54) is 0 Å². The van der Waals surface area contributed by atoms with Crippen LogP contribution in [0.25, 0.3) is 4.85 Å². The van der Waals surface area contributed by atoms with Gasteiger partial charge in [-0.1, -0.05) is 6.92 Å². The summed E-state index contributed by atoms with van der Waals surface area (Å²) in [6.45, 7) is 9.24. The Morgan fingerprint density at radius 1 is 1.57 bits per heavy atom. The molecule has 4 heteroatoms. The summed E-state index contributed by atoms with van der Waals surface area (Å²) in [6.07, 6.45) is 3.30. The van der Waals surface area contributed by atoms with Crippen molar-refractivity contribution in [2.45, 2.75) is 19.8 Å². The van der Waals surface area contributed by atoms with Crippen molar-refractivity contribution in [2.24, 2.45) is 0 Å². The van der Waals surface area contributed by atoms with Crippen molar-refractivity contribution < 1.29 is 4.74 Å². The van der Waals surface area contributed by atoms with Crippen molar-refractivity contribution in [3.8, 4) is 6.01 Å². The zero-order chi connectivity index (χ0) is 10.4. The lowest BCUT2D eigenvalue weighted by atomic mass is 10.1. The zero-order valence-corrected chi connectivity index (χ0v) is 8.45. The average Bonchev–Trinajstić information content (AvgIpc) is 2.26. The Labute approximate surface area is 83.8 Å². The molecule has 0 saturated carbocycles. The van der Waals surface area contributed by atoms with Gasteiger partial charge in [0.05, 0.1) is 12.8 Å². The number of aromatic nitrogens is 2. The standard InChI is InChI=1S/C10H13N3O/c1-4-9-8(5-6-11-2)7-12-10(13-9)14-3/h7H,4-6H2,1,3H3. The highest BCUT2D eigenvalue weighted by atomic mass is 16.5. The molecule has 1 aromatic rings. The van der Waals surface area contributed by atoms with Gasteiger partial charge in [-0.05, 0) is 12.0 Å². The van der Waals surface area contributed by atoms with E-state index in [0.29, 0.717) is 12.6 Å². The van der Waals surface area contributed by atoms with E-state index in [4.69, 9.17) is 11.3 Å². The van der Waals surface area contributed by atoms with Crippen LogP contribution in [0, 0.1) is 6.57 Å². The summed E-state index contributed by atoms with van der Waals surface area (Å²) in [4.78, 5) is 11.6. The Hall–Kier alpha value is -1.63. The van der Waals surface area contributed by atoms with Gasteiger partial charge in [0.15, 0.2) is 0 Å². The van der Waals surface area contributed by atoms with Crippen LogP contribution in [0.15, 0.2) is 6.20 Å². The van der Waals surface area contributed by atoms with Crippen LogP contribution in [-0.4, -0.2) is 23.6 Å². The first-order valence-electron chi connectivity index (χ1n) is 4.53. The Kier molecular flexibility index (Phi) is 3.86. The molecule has 0 radical (unpaired) electrons. The fraction of sp³-hybridized carbons (Fsp3) is 0.500. The summed E-state index contributed by atoms with van der Waals surface area (Å²) in [7, 11) is 1.55. The Morgan fingerprint density at radius 3 is 2.93 bits per heavy atom. The van der Waals surface area contributed by atoms with E-state index in [0.717, 1.165) is 24.1 Å². The molecule has 0 amide bonds. The molecule has 0 saturated heterocycles. The first-order chi connectivity index (χ1) is 6.81. The minimum Gasteiger partial charge on any atom is -0.467 e. The minimum absolute atomic E-state index is 0.397. The zero-order valence-electron chi connectivity index (χ0n) is 8.45. The van der Waals surface area contributed by atoms with E-state index in [1.807, 2.05) is 6.92 Å². The Balaban J connectivity index is 2.88. The number of rotatable bonds is 4. The second kappa shape index (κ2) is 5.18. The quantitative estimate of drug-likeness (QED) is 0.677. The van der Waals surface area contributed by atoms with Crippen molar-refractivity contribution >= 4 is 0 Å². The Bertz CT molecular complexity index is 344. The number of nitrogens with zero attached hydrogens (tertiary/aromatic N) is 3. The minimum atomic E-state index is 0.397. The van der Waals surface area contributed by atoms with Crippen molar-refractivity contribution in [3.63, 3.8) is 0 Å². The maximum absolute atomic E-state index is 6.72. The first kappa shape index (κ1) is 10.5. The van der Waals surface area contributed by atoms with E-state index >= 15 is 0 Å². The molecule has 0 aliphatic carbocycles. The summed E-state index contributed by atoms with van der Waals surface area (Å²) >= 11 is 0. The SMILES string of the molecule is [C-]#[N+]CCc1cnc(OC)nc1CC. The first-order valence-corrected chi connectivity index (χ1v) is 4.53. The topological polar surface area (TPSA) is 39.4 Å². The van der Waals surface area contributed by atoms with Crippen LogP contribution in [-0.2, 0) is 12.8 Å². The van der Waals surface area contributed by atoms with Crippen LogP contribution in [0.5, 0.6) is 6.01 Å². The third-order valence-electron chi connectivity index (χ3n) is 1.94. The van der Waals surface area contributed by atoms with Gasteiger partial charge >= 0.3 is 6.01 Å². The van der Waals surface area contributed by atoms with Gasteiger partial charge in [-0.3, -0.25) is 0 Å². The van der Waals surface area contributed by atoms with Gasteiger partial charge in [-0.15, -0.1) is 0 Å². The van der Waals surface area contributed by atoms with Crippen LogP contribution >= 0.6 is 0 Å². The number of hydrogen-bond donors (Lipinski definition) is 0. The second-order valence-corrected chi connectivity index (χ2v) is 2.81. The molecule has 0 bridgehead atoms. The fourth-order valence-electron chi connectivity index (χ4n) is 1.21. The normalized spacial score (nSPS) is 9.50. The van der Waals surface area contributed by atoms with E-state index in [9.17, 15) is 0 Å². The largest absolute Gasteiger partial charge is 0.467 e. The monoisotopic (exact) mass is 191 g/mol. The molecule has 14 heavy (non-hydrogen) atoms. The van der Waals surface area contributed by atoms with Crippen molar-refractivity contribution in [1.29, 1.82) is 0 Å². The summed E-state index contributed by atoms with van der Waals surface area (Å²) in [6, 6.07) is 0.397. The predicted octanol–water partition coefficient (Wildman–Crippen LogP) is 1.51. The number of ether oxygens (including phenoxy) is 1. The third-order valence-corrected chi connectivity index (χ3v) is 1.94. The molecular weight excluding hydrogens is 178 g/mol. The molecular formula is C10H13N3O. The van der Waals surface area contributed by atoms with Crippen LogP contribution in [0.1, 0.15) is 18.2 Å². The molecule has 1 heterocycles. The van der Waals surface area contributed by atoms with E-state index in [2.05, 4.69) is 14.8 Å². The van der Waals surface area contributed by atoms with Gasteiger partial charge in [0.1, 0.15) is 0 Å². The molecule has 74 valence electrons. The van der Waals surface area contributed by atoms with Gasteiger partial charge in [0, 0.05) is 12.6 Å². The molecule has 4 nitrogen and oxygen atoms in total. The van der Waals surface area contributed by atoms with E-state index < -0.39 is 0 Å². The maximum Gasteiger partial charge on any atom is 0.316 e. The summed E-state index contributed by atoms with van der Waals surface area (Å²) in [5.74, 6) is 0. The molecule has 0 unspecified atom stereocenters. The van der Waals surface area contributed by atoms with Gasteiger partial charge in [-0.2, -0.15) is 0 Å². The molecule has 1 rings (SSSR count). The van der Waals surface area contributed by atoms with E-state index in [1.54, 1.807) is 13.3 Å². The van der Waals surface area contributed by atoms with Gasteiger partial charge < -0.3 is 9.58 Å². The second-order valence-electron chi connectivity index (χ2n) is 2.81. The molecule has 0 atom stereocenters. The summed E-state index contributed by atoms with van der Waals surface area (Å²) in [5, 5.41) is 0. The highest BCUT2D eigenvalue weighted by Crippen LogP contribution is 2.10. The van der Waals surface area contributed by atoms with Crippen molar-refractivity contribution in [2.75, 3.05) is 13.7 Å². The number of methoxy groups -OCH3 is 1. The highest BCUT2D eigenvalue weighted by Gasteiger charge is 2.06. The Morgan fingerprint density at radius 2 is 2.36 bits per heavy atom. The van der Waals surface area contributed by atoms with Gasteiger partial charge in [0.25, 0.3) is 0 Å². The van der Waals surface area contributed by atoms with Crippen molar-refractivity contribution in [3.05, 3.63) is 28.9 Å². The van der Waals surface area contributed by atoms with Crippen LogP contribution in [0.4, 0.5) is 0 Å². The third kappa shape index (κ3) is 2.43. The lowest BCUT2D eigenvalue weighted by molar-refractivity contribution is 0.377. The summed E-state index contributed by atoms with van der Waals surface area (Å²) < 4.78 is 4.93.